The van der Waals surface area contributed by atoms with E-state index in [0.29, 0.717) is 43.3 Å². The predicted molar refractivity (Wildman–Crippen MR) is 122 cm³/mol. The Morgan fingerprint density at radius 2 is 1.91 bits per heavy atom. The number of aryl methyl sites for hydroxylation is 1. The Morgan fingerprint density at radius 3 is 2.69 bits per heavy atom. The van der Waals surface area contributed by atoms with Crippen LogP contribution >= 0.6 is 0 Å². The van der Waals surface area contributed by atoms with Gasteiger partial charge in [-0.15, -0.1) is 0 Å². The maximum absolute atomic E-state index is 12.5. The molecule has 1 N–H and O–H groups in total. The highest BCUT2D eigenvalue weighted by Gasteiger charge is 2.18. The highest BCUT2D eigenvalue weighted by atomic mass is 16.5. The van der Waals surface area contributed by atoms with Crippen molar-refractivity contribution in [3.63, 3.8) is 0 Å². The molecule has 0 aliphatic carbocycles. The Labute approximate surface area is 187 Å². The normalized spacial score (nSPS) is 13.8. The van der Waals surface area contributed by atoms with E-state index in [1.54, 1.807) is 13.4 Å². The van der Waals surface area contributed by atoms with Crippen LogP contribution in [0.15, 0.2) is 36.7 Å². The number of carbonyl (C=O) groups excluding carboxylic acids is 1. The van der Waals surface area contributed by atoms with Crippen molar-refractivity contribution in [2.75, 3.05) is 43.6 Å². The van der Waals surface area contributed by atoms with Crippen molar-refractivity contribution in [1.82, 2.24) is 19.7 Å². The molecule has 3 heterocycles. The summed E-state index contributed by atoms with van der Waals surface area (Å²) >= 11 is 0. The van der Waals surface area contributed by atoms with Gasteiger partial charge in [0, 0.05) is 31.3 Å². The minimum absolute atomic E-state index is 0.0716. The number of anilines is 2. The minimum Gasteiger partial charge on any atom is -0.495 e. The lowest BCUT2D eigenvalue weighted by atomic mass is 10.1. The van der Waals surface area contributed by atoms with Crippen LogP contribution in [0.25, 0.3) is 5.82 Å². The van der Waals surface area contributed by atoms with Crippen molar-refractivity contribution in [3.05, 3.63) is 53.6 Å². The van der Waals surface area contributed by atoms with Crippen molar-refractivity contribution in [2.45, 2.75) is 26.7 Å². The van der Waals surface area contributed by atoms with Gasteiger partial charge in [0.15, 0.2) is 5.82 Å². The van der Waals surface area contributed by atoms with Crippen molar-refractivity contribution in [3.8, 4) is 11.6 Å². The number of nitrogens with zero attached hydrogens (tertiary/aromatic N) is 5. The Balaban J connectivity index is 1.47. The highest BCUT2D eigenvalue weighted by molar-refractivity contribution is 5.92. The van der Waals surface area contributed by atoms with E-state index in [1.165, 1.54) is 0 Å². The number of carbonyl (C=O) groups is 1. The second-order valence-corrected chi connectivity index (χ2v) is 7.64. The number of para-hydroxylation sites is 2. The average Bonchev–Trinajstić information content (AvgIpc) is 3.12. The van der Waals surface area contributed by atoms with E-state index < -0.39 is 0 Å². The molecule has 4 rings (SSSR count). The van der Waals surface area contributed by atoms with Crippen molar-refractivity contribution < 1.29 is 14.3 Å². The smallest absolute Gasteiger partial charge is 0.224 e. The van der Waals surface area contributed by atoms with E-state index in [9.17, 15) is 4.79 Å². The number of hydrogen-bond acceptors (Lipinski definition) is 7. The zero-order chi connectivity index (χ0) is 22.5. The summed E-state index contributed by atoms with van der Waals surface area (Å²) in [6, 6.07) is 9.33. The molecule has 1 amide bonds. The second-order valence-electron chi connectivity index (χ2n) is 7.64. The number of methoxy groups -OCH3 is 1. The van der Waals surface area contributed by atoms with Crippen LogP contribution in [0.5, 0.6) is 5.75 Å². The fraction of sp³-hybridized carbons (Fsp3) is 0.391. The zero-order valence-corrected chi connectivity index (χ0v) is 18.7. The zero-order valence-electron chi connectivity index (χ0n) is 18.7. The van der Waals surface area contributed by atoms with Gasteiger partial charge in [0.25, 0.3) is 0 Å². The number of morpholine rings is 1. The Bertz CT molecular complexity index is 1090. The summed E-state index contributed by atoms with van der Waals surface area (Å²) in [4.78, 5) is 23.6. The number of ether oxygens (including phenoxy) is 2. The standard InChI is InChI=1S/C23H28N6O3/c1-16-18(8-9-23(30)26-19-6-4-5-7-20(19)31-3)17(2)29(27-16)22-14-21(24-15-25-22)28-10-12-32-13-11-28/h4-7,14-15H,8-13H2,1-3H3,(H,26,30). The predicted octanol–water partition coefficient (Wildman–Crippen LogP) is 2.70. The fourth-order valence-corrected chi connectivity index (χ4v) is 3.88. The summed E-state index contributed by atoms with van der Waals surface area (Å²) in [5, 5.41) is 7.61. The van der Waals surface area contributed by atoms with Crippen molar-refractivity contribution >= 4 is 17.4 Å². The van der Waals surface area contributed by atoms with Gasteiger partial charge in [0.05, 0.1) is 31.7 Å². The number of hydrogen-bond donors (Lipinski definition) is 1. The van der Waals surface area contributed by atoms with Crippen molar-refractivity contribution in [2.24, 2.45) is 0 Å². The van der Waals surface area contributed by atoms with Gasteiger partial charge >= 0.3 is 0 Å². The first-order valence-corrected chi connectivity index (χ1v) is 10.7. The summed E-state index contributed by atoms with van der Waals surface area (Å²) in [6.07, 6.45) is 2.49. The Kier molecular flexibility index (Phi) is 6.65. The molecule has 32 heavy (non-hydrogen) atoms. The van der Waals surface area contributed by atoms with E-state index in [0.717, 1.165) is 35.9 Å². The first-order valence-electron chi connectivity index (χ1n) is 10.7. The molecular formula is C23H28N6O3. The van der Waals surface area contributed by atoms with Crippen LogP contribution in [0.2, 0.25) is 0 Å². The van der Waals surface area contributed by atoms with Crippen LogP contribution in [-0.2, 0) is 16.0 Å². The van der Waals surface area contributed by atoms with Gasteiger partial charge in [0.2, 0.25) is 5.91 Å². The highest BCUT2D eigenvalue weighted by Crippen LogP contribution is 2.24. The number of nitrogens with one attached hydrogen (secondary N) is 1. The van der Waals surface area contributed by atoms with Gasteiger partial charge < -0.3 is 19.7 Å². The van der Waals surface area contributed by atoms with E-state index in [-0.39, 0.29) is 5.91 Å². The monoisotopic (exact) mass is 436 g/mol. The molecule has 1 aliphatic rings. The summed E-state index contributed by atoms with van der Waals surface area (Å²) in [7, 11) is 1.59. The van der Waals surface area contributed by atoms with Crippen LogP contribution in [0.1, 0.15) is 23.4 Å². The third-order valence-electron chi connectivity index (χ3n) is 5.61. The Morgan fingerprint density at radius 1 is 1.16 bits per heavy atom. The van der Waals surface area contributed by atoms with Crippen LogP contribution in [0.4, 0.5) is 11.5 Å². The SMILES string of the molecule is COc1ccccc1NC(=O)CCc1c(C)nn(-c2cc(N3CCOCC3)ncn2)c1C. The number of aromatic nitrogens is 4. The lowest BCUT2D eigenvalue weighted by Gasteiger charge is -2.27. The van der Waals surface area contributed by atoms with E-state index in [1.807, 2.05) is 48.9 Å². The Hall–Kier alpha value is -3.46. The fourth-order valence-electron chi connectivity index (χ4n) is 3.88. The number of rotatable bonds is 7. The molecule has 168 valence electrons. The van der Waals surface area contributed by atoms with Gasteiger partial charge in [-0.05, 0) is 38.0 Å². The van der Waals surface area contributed by atoms with Crippen LogP contribution in [-0.4, -0.2) is 59.1 Å². The molecule has 3 aromatic rings. The summed E-state index contributed by atoms with van der Waals surface area (Å²) in [5.41, 5.74) is 3.57. The first kappa shape index (κ1) is 21.8. The third kappa shape index (κ3) is 4.72. The lowest BCUT2D eigenvalue weighted by molar-refractivity contribution is -0.116. The molecule has 0 bridgehead atoms. The second kappa shape index (κ2) is 9.78. The van der Waals surface area contributed by atoms with Crippen LogP contribution < -0.4 is 15.0 Å². The molecule has 0 radical (unpaired) electrons. The quantitative estimate of drug-likeness (QED) is 0.608. The van der Waals surface area contributed by atoms with Crippen molar-refractivity contribution in [1.29, 1.82) is 0 Å². The molecule has 0 spiro atoms. The molecule has 1 aromatic carbocycles. The van der Waals surface area contributed by atoms with Gasteiger partial charge in [-0.1, -0.05) is 12.1 Å². The molecular weight excluding hydrogens is 408 g/mol. The molecule has 1 aliphatic heterocycles. The summed E-state index contributed by atoms with van der Waals surface area (Å²) in [5.74, 6) is 2.15. The molecule has 9 nitrogen and oxygen atoms in total. The molecule has 0 atom stereocenters. The number of amides is 1. The molecule has 0 saturated carbocycles. The molecule has 2 aromatic heterocycles. The topological polar surface area (TPSA) is 94.4 Å². The van der Waals surface area contributed by atoms with E-state index >= 15 is 0 Å². The van der Waals surface area contributed by atoms with Gasteiger partial charge in [-0.3, -0.25) is 4.79 Å². The molecule has 1 saturated heterocycles. The van der Waals surface area contributed by atoms with E-state index in [4.69, 9.17) is 9.47 Å². The van der Waals surface area contributed by atoms with Gasteiger partial charge in [0.1, 0.15) is 17.9 Å². The summed E-state index contributed by atoms with van der Waals surface area (Å²) < 4.78 is 12.6. The summed E-state index contributed by atoms with van der Waals surface area (Å²) in [6.45, 7) is 6.96. The maximum Gasteiger partial charge on any atom is 0.224 e. The van der Waals surface area contributed by atoms with Crippen LogP contribution in [0, 0.1) is 13.8 Å². The van der Waals surface area contributed by atoms with Gasteiger partial charge in [-0.25, -0.2) is 14.6 Å². The largest absolute Gasteiger partial charge is 0.495 e. The minimum atomic E-state index is -0.0716. The average molecular weight is 437 g/mol. The third-order valence-corrected chi connectivity index (χ3v) is 5.61. The molecule has 0 unspecified atom stereocenters. The van der Waals surface area contributed by atoms with Gasteiger partial charge in [-0.2, -0.15) is 5.10 Å². The number of benzene rings is 1. The molecule has 9 heteroatoms. The molecule has 1 fully saturated rings. The first-order chi connectivity index (χ1) is 15.6. The maximum atomic E-state index is 12.5. The van der Waals surface area contributed by atoms with E-state index in [2.05, 4.69) is 25.3 Å². The lowest BCUT2D eigenvalue weighted by Crippen LogP contribution is -2.36. The van der Waals surface area contributed by atoms with Crippen LogP contribution in [0.3, 0.4) is 0 Å².